The summed E-state index contributed by atoms with van der Waals surface area (Å²) in [4.78, 5) is 83.3. The summed E-state index contributed by atoms with van der Waals surface area (Å²) in [6, 6.07) is 2.28. The Hall–Kier alpha value is -4.90. The van der Waals surface area contributed by atoms with Crippen LogP contribution in [0, 0.1) is 11.8 Å². The van der Waals surface area contributed by atoms with Gasteiger partial charge in [0.1, 0.15) is 35.9 Å². The highest BCUT2D eigenvalue weighted by molar-refractivity contribution is 7.99. The Kier molecular flexibility index (Phi) is 13.5. The summed E-state index contributed by atoms with van der Waals surface area (Å²) in [6.07, 6.45) is -0.646. The quantitative estimate of drug-likeness (QED) is 0.159. The van der Waals surface area contributed by atoms with E-state index in [1.54, 1.807) is 18.2 Å². The lowest BCUT2D eigenvalue weighted by atomic mass is 10.0. The van der Waals surface area contributed by atoms with Gasteiger partial charge in [0.25, 0.3) is 5.91 Å². The number of aromatic amines is 2. The van der Waals surface area contributed by atoms with Crippen molar-refractivity contribution in [3.05, 3.63) is 47.3 Å². The number of aliphatic hydroxyl groups excluding tert-OH is 1. The molecule has 0 spiro atoms. The van der Waals surface area contributed by atoms with Crippen LogP contribution in [0.15, 0.2) is 35.4 Å². The van der Waals surface area contributed by atoms with Gasteiger partial charge in [-0.3, -0.25) is 29.1 Å². The first-order valence-electron chi connectivity index (χ1n) is 17.2. The Balaban J connectivity index is 1.79. The number of hydrogen-bond donors (Lipinski definition) is 9. The van der Waals surface area contributed by atoms with Gasteiger partial charge in [-0.25, -0.2) is 4.79 Å². The van der Waals surface area contributed by atoms with Gasteiger partial charge in [0, 0.05) is 28.8 Å². The molecule has 0 saturated heterocycles. The van der Waals surface area contributed by atoms with Crippen LogP contribution in [0.3, 0.4) is 0 Å². The lowest BCUT2D eigenvalue weighted by Crippen LogP contribution is -2.60. The Morgan fingerprint density at radius 2 is 1.65 bits per heavy atom. The van der Waals surface area contributed by atoms with Gasteiger partial charge in [-0.2, -0.15) is 5.10 Å². The zero-order chi connectivity index (χ0) is 38.3. The van der Waals surface area contributed by atoms with E-state index >= 15 is 0 Å². The van der Waals surface area contributed by atoms with E-state index in [-0.39, 0.29) is 30.2 Å². The molecule has 1 aliphatic heterocycles. The summed E-state index contributed by atoms with van der Waals surface area (Å²) in [5.74, 6) is -5.06. The van der Waals surface area contributed by atoms with Crippen LogP contribution >= 0.6 is 11.8 Å². The van der Waals surface area contributed by atoms with Crippen LogP contribution in [0.1, 0.15) is 69.7 Å². The predicted molar refractivity (Wildman–Crippen MR) is 193 cm³/mol. The molecule has 52 heavy (non-hydrogen) atoms. The van der Waals surface area contributed by atoms with E-state index in [2.05, 4.69) is 41.8 Å². The summed E-state index contributed by atoms with van der Waals surface area (Å²) in [5, 5.41) is 41.5. The van der Waals surface area contributed by atoms with E-state index in [9.17, 15) is 39.0 Å². The maximum absolute atomic E-state index is 14.2. The van der Waals surface area contributed by atoms with Gasteiger partial charge in [0.15, 0.2) is 0 Å². The van der Waals surface area contributed by atoms with E-state index in [0.717, 1.165) is 17.5 Å². The highest BCUT2D eigenvalue weighted by Gasteiger charge is 2.34. The van der Waals surface area contributed by atoms with Crippen molar-refractivity contribution in [1.29, 1.82) is 0 Å². The maximum Gasteiger partial charge on any atom is 0.327 e. The third kappa shape index (κ3) is 10.3. The highest BCUT2D eigenvalue weighted by atomic mass is 32.2. The van der Waals surface area contributed by atoms with Crippen LogP contribution in [-0.4, -0.2) is 103 Å². The monoisotopic (exact) mass is 740 g/mol. The summed E-state index contributed by atoms with van der Waals surface area (Å²) in [5.41, 5.74) is 2.09. The fourth-order valence-electron chi connectivity index (χ4n) is 5.81. The molecule has 282 valence electrons. The summed E-state index contributed by atoms with van der Waals surface area (Å²) in [7, 11) is 0. The number of aliphatic hydroxyl groups is 1. The van der Waals surface area contributed by atoms with Crippen LogP contribution in [-0.2, 0) is 36.8 Å². The molecule has 2 aromatic heterocycles. The smallest absolute Gasteiger partial charge is 0.327 e. The number of para-hydroxylation sites is 1. The van der Waals surface area contributed by atoms with Crippen molar-refractivity contribution in [2.45, 2.75) is 102 Å². The average Bonchev–Trinajstić information content (AvgIpc) is 3.67. The number of aliphatic carboxylic acids is 1. The first kappa shape index (κ1) is 39.9. The molecule has 3 aromatic rings. The van der Waals surface area contributed by atoms with Crippen LogP contribution in [0.4, 0.5) is 0 Å². The maximum atomic E-state index is 14.2. The molecule has 0 bridgehead atoms. The van der Waals surface area contributed by atoms with Gasteiger partial charge < -0.3 is 41.8 Å². The first-order chi connectivity index (χ1) is 24.5. The molecule has 0 fully saturated rings. The Bertz CT molecular complexity index is 1790. The van der Waals surface area contributed by atoms with Crippen molar-refractivity contribution < 1.29 is 39.0 Å². The molecular formula is C35H48N8O8S. The zero-order valence-corrected chi connectivity index (χ0v) is 30.8. The number of H-pyrrole nitrogens is 2. The van der Waals surface area contributed by atoms with Crippen molar-refractivity contribution >= 4 is 58.2 Å². The second kappa shape index (κ2) is 17.5. The van der Waals surface area contributed by atoms with Crippen molar-refractivity contribution in [2.24, 2.45) is 11.8 Å². The fraction of sp³-hybridized carbons (Fsp3) is 0.514. The number of hydrogen-bond acceptors (Lipinski definition) is 9. The summed E-state index contributed by atoms with van der Waals surface area (Å²) < 4.78 is 0. The first-order valence-corrected chi connectivity index (χ1v) is 18.2. The number of nitrogens with one attached hydrogen (secondary N) is 7. The molecule has 0 unspecified atom stereocenters. The van der Waals surface area contributed by atoms with Crippen LogP contribution < -0.4 is 26.6 Å². The van der Waals surface area contributed by atoms with Crippen molar-refractivity contribution in [2.75, 3.05) is 5.75 Å². The number of aromatic nitrogens is 3. The molecule has 6 atom stereocenters. The molecule has 3 heterocycles. The number of fused-ring (bicyclic) bond motifs is 3. The minimum atomic E-state index is -1.53. The molecule has 1 aromatic carbocycles. The third-order valence-corrected chi connectivity index (χ3v) is 9.60. The summed E-state index contributed by atoms with van der Waals surface area (Å²) >= 11 is 1.08. The SMILES string of the molecule is CC(C)Cc1cc(C(=O)N[C@H]2Cc3c([nH]c4ccccc34)SC[C@@H](C(=O)O)NC(=O)[C@H]([C@@H](C)O)NC(=O)[C@@H](C)NC(=O)[C@H](CC(C)C)NC2=O)n[nH]1. The Morgan fingerprint density at radius 1 is 0.942 bits per heavy atom. The molecule has 0 aliphatic carbocycles. The summed E-state index contributed by atoms with van der Waals surface area (Å²) in [6.45, 7) is 10.4. The number of carbonyl (C=O) groups excluding carboxylic acids is 5. The molecule has 17 heteroatoms. The van der Waals surface area contributed by atoms with Crippen LogP contribution in [0.25, 0.3) is 10.9 Å². The van der Waals surface area contributed by atoms with E-state index in [1.165, 1.54) is 13.8 Å². The number of thioether (sulfide) groups is 1. The molecule has 9 N–H and O–H groups in total. The fourth-order valence-corrected chi connectivity index (χ4v) is 6.92. The number of amides is 5. The zero-order valence-electron chi connectivity index (χ0n) is 30.0. The number of carboxylic acid groups (broad SMARTS) is 1. The van der Waals surface area contributed by atoms with Crippen LogP contribution in [0.2, 0.25) is 0 Å². The molecule has 16 nitrogen and oxygen atoms in total. The van der Waals surface area contributed by atoms with Crippen molar-refractivity contribution in [1.82, 2.24) is 41.8 Å². The van der Waals surface area contributed by atoms with E-state index in [4.69, 9.17) is 0 Å². The van der Waals surface area contributed by atoms with Gasteiger partial charge in [0.05, 0.1) is 11.1 Å². The van der Waals surface area contributed by atoms with E-state index in [0.29, 0.717) is 33.8 Å². The predicted octanol–water partition coefficient (Wildman–Crippen LogP) is 1.01. The molecule has 0 saturated carbocycles. The molecule has 0 radical (unpaired) electrons. The highest BCUT2D eigenvalue weighted by Crippen LogP contribution is 2.31. The van der Waals surface area contributed by atoms with Gasteiger partial charge in [-0.1, -0.05) is 45.9 Å². The standard InChI is InChI=1S/C35H48N8O8S/c1-16(2)11-20-13-26(43-42-20)32(48)38-25-14-22-21-9-7-8-10-23(21)40-34(22)52-15-27(35(50)51)39-33(49)28(19(6)44)41-29(45)18(5)36-30(46)24(12-17(3)4)37-31(25)47/h7-10,13,16-19,24-25,27-28,40,44H,11-12,14-15H2,1-6H3,(H,36,46)(H,37,47)(H,38,48)(H,39,49)(H,41,45)(H,42,43)(H,50,51)/t18-,19-,24+,25+,27+,28+/m1/s1. The Labute approximate surface area is 305 Å². The van der Waals surface area contributed by atoms with Gasteiger partial charge in [0.2, 0.25) is 23.6 Å². The average molecular weight is 741 g/mol. The normalized spacial score (nSPS) is 23.1. The number of nitrogens with zero attached hydrogens (tertiary/aromatic N) is 1. The number of carboxylic acids is 1. The minimum absolute atomic E-state index is 0.0725. The number of benzene rings is 1. The Morgan fingerprint density at radius 3 is 2.31 bits per heavy atom. The number of carbonyl (C=O) groups is 6. The third-order valence-electron chi connectivity index (χ3n) is 8.46. The molecule has 5 amide bonds. The largest absolute Gasteiger partial charge is 0.480 e. The van der Waals surface area contributed by atoms with Crippen molar-refractivity contribution in [3.8, 4) is 0 Å². The lowest BCUT2D eigenvalue weighted by molar-refractivity contribution is -0.142. The minimum Gasteiger partial charge on any atom is -0.480 e. The molecule has 4 rings (SSSR count). The second-order valence-electron chi connectivity index (χ2n) is 13.9. The lowest BCUT2D eigenvalue weighted by Gasteiger charge is -2.27. The van der Waals surface area contributed by atoms with E-state index < -0.39 is 71.8 Å². The van der Waals surface area contributed by atoms with Gasteiger partial charge in [-0.05, 0) is 56.2 Å². The molecule has 1 aliphatic rings. The number of rotatable bonds is 8. The van der Waals surface area contributed by atoms with Crippen molar-refractivity contribution in [3.63, 3.8) is 0 Å². The molecular weight excluding hydrogens is 692 g/mol. The topological polar surface area (TPSA) is 247 Å². The van der Waals surface area contributed by atoms with E-state index in [1.807, 2.05) is 39.8 Å². The second-order valence-corrected chi connectivity index (χ2v) is 15.0. The van der Waals surface area contributed by atoms with Gasteiger partial charge in [-0.15, -0.1) is 11.8 Å². The van der Waals surface area contributed by atoms with Gasteiger partial charge >= 0.3 is 5.97 Å². The van der Waals surface area contributed by atoms with Crippen LogP contribution in [0.5, 0.6) is 0 Å².